The summed E-state index contributed by atoms with van der Waals surface area (Å²) in [6.45, 7) is 6.34. The van der Waals surface area contributed by atoms with Gasteiger partial charge in [0.15, 0.2) is 0 Å². The van der Waals surface area contributed by atoms with Crippen LogP contribution in [0.3, 0.4) is 0 Å². The van der Waals surface area contributed by atoms with E-state index in [1.807, 2.05) is 7.05 Å². The van der Waals surface area contributed by atoms with Crippen LogP contribution < -0.4 is 5.32 Å². The quantitative estimate of drug-likeness (QED) is 0.682. The Balaban J connectivity index is 0.00000256. The number of hydrogen-bond donors (Lipinski definition) is 1. The van der Waals surface area contributed by atoms with Gasteiger partial charge in [0.2, 0.25) is 5.91 Å². The third kappa shape index (κ3) is 6.89. The van der Waals surface area contributed by atoms with Crippen molar-refractivity contribution in [1.29, 1.82) is 0 Å². The molecule has 1 saturated carbocycles. The molecule has 102 valence electrons. The van der Waals surface area contributed by atoms with Crippen molar-refractivity contribution in [1.82, 2.24) is 10.2 Å². The zero-order chi connectivity index (χ0) is 12.0. The Morgan fingerprint density at radius 3 is 2.53 bits per heavy atom. The largest absolute Gasteiger partial charge is 0.340 e. The zero-order valence-corrected chi connectivity index (χ0v) is 12.2. The van der Waals surface area contributed by atoms with Gasteiger partial charge in [0.25, 0.3) is 0 Å². The number of rotatable bonds is 8. The van der Waals surface area contributed by atoms with Crippen molar-refractivity contribution >= 4 is 18.3 Å². The van der Waals surface area contributed by atoms with Crippen LogP contribution in [0, 0.1) is 5.92 Å². The van der Waals surface area contributed by atoms with Crippen LogP contribution in [0.25, 0.3) is 0 Å². The third-order valence-corrected chi connectivity index (χ3v) is 3.07. The second-order valence-electron chi connectivity index (χ2n) is 5.21. The van der Waals surface area contributed by atoms with Gasteiger partial charge in [0, 0.05) is 19.0 Å². The first-order valence-electron chi connectivity index (χ1n) is 6.59. The fraction of sp³-hybridized carbons (Fsp3) is 0.923. The molecule has 0 unspecified atom stereocenters. The average molecular weight is 263 g/mol. The summed E-state index contributed by atoms with van der Waals surface area (Å²) < 4.78 is 0. The molecule has 0 bridgehead atoms. The second kappa shape index (κ2) is 8.76. The van der Waals surface area contributed by atoms with Crippen LogP contribution in [0.5, 0.6) is 0 Å². The maximum atomic E-state index is 12.0. The van der Waals surface area contributed by atoms with Crippen molar-refractivity contribution in [2.45, 2.75) is 52.0 Å². The number of hydrogen-bond acceptors (Lipinski definition) is 2. The predicted molar refractivity (Wildman–Crippen MR) is 74.6 cm³/mol. The molecular weight excluding hydrogens is 236 g/mol. The smallest absolute Gasteiger partial charge is 0.222 e. The fourth-order valence-corrected chi connectivity index (χ4v) is 1.85. The van der Waals surface area contributed by atoms with Crippen LogP contribution in [-0.2, 0) is 4.79 Å². The van der Waals surface area contributed by atoms with Gasteiger partial charge in [-0.2, -0.15) is 0 Å². The number of nitrogens with zero attached hydrogens (tertiary/aromatic N) is 1. The van der Waals surface area contributed by atoms with E-state index in [1.165, 1.54) is 12.8 Å². The molecule has 0 aliphatic heterocycles. The molecule has 1 aliphatic rings. The highest BCUT2D eigenvalue weighted by atomic mass is 35.5. The minimum atomic E-state index is 0. The number of halogens is 1. The van der Waals surface area contributed by atoms with Gasteiger partial charge in [-0.05, 0) is 45.2 Å². The van der Waals surface area contributed by atoms with E-state index >= 15 is 0 Å². The Morgan fingerprint density at radius 1 is 1.41 bits per heavy atom. The summed E-state index contributed by atoms with van der Waals surface area (Å²) in [6.07, 6.45) is 5.23. The van der Waals surface area contributed by atoms with Gasteiger partial charge in [-0.25, -0.2) is 0 Å². The van der Waals surface area contributed by atoms with Crippen molar-refractivity contribution in [3.63, 3.8) is 0 Å². The second-order valence-corrected chi connectivity index (χ2v) is 5.21. The lowest BCUT2D eigenvalue weighted by Crippen LogP contribution is -2.34. The van der Waals surface area contributed by atoms with E-state index in [2.05, 4.69) is 24.1 Å². The summed E-state index contributed by atoms with van der Waals surface area (Å²) in [5.41, 5.74) is 0. The Hall–Kier alpha value is -0.280. The van der Waals surface area contributed by atoms with Gasteiger partial charge in [-0.1, -0.05) is 13.8 Å². The van der Waals surface area contributed by atoms with E-state index in [0.29, 0.717) is 24.3 Å². The maximum absolute atomic E-state index is 12.0. The normalized spacial score (nSPS) is 14.6. The molecule has 0 aromatic heterocycles. The molecule has 0 saturated heterocycles. The fourth-order valence-electron chi connectivity index (χ4n) is 1.85. The van der Waals surface area contributed by atoms with Crippen molar-refractivity contribution in [2.75, 3.05) is 20.1 Å². The minimum Gasteiger partial charge on any atom is -0.340 e. The molecule has 17 heavy (non-hydrogen) atoms. The Bertz CT molecular complexity index is 217. The van der Waals surface area contributed by atoms with Crippen LogP contribution in [0.4, 0.5) is 0 Å². The molecule has 1 N–H and O–H groups in total. The Labute approximate surface area is 112 Å². The van der Waals surface area contributed by atoms with Crippen molar-refractivity contribution in [3.8, 4) is 0 Å². The zero-order valence-electron chi connectivity index (χ0n) is 11.4. The summed E-state index contributed by atoms with van der Waals surface area (Å²) in [5.74, 6) is 1.05. The van der Waals surface area contributed by atoms with Crippen LogP contribution >= 0.6 is 12.4 Å². The molecule has 0 aromatic carbocycles. The number of amides is 1. The van der Waals surface area contributed by atoms with Crippen molar-refractivity contribution < 1.29 is 4.79 Å². The highest BCUT2D eigenvalue weighted by Crippen LogP contribution is 2.28. The Kier molecular flexibility index (Phi) is 8.61. The monoisotopic (exact) mass is 262 g/mol. The summed E-state index contributed by atoms with van der Waals surface area (Å²) >= 11 is 0. The van der Waals surface area contributed by atoms with E-state index < -0.39 is 0 Å². The number of carbonyl (C=O) groups excluding carboxylic acids is 1. The molecule has 1 rings (SSSR count). The van der Waals surface area contributed by atoms with E-state index in [9.17, 15) is 4.79 Å². The lowest BCUT2D eigenvalue weighted by Gasteiger charge is -2.23. The van der Waals surface area contributed by atoms with Crippen LogP contribution in [-0.4, -0.2) is 37.0 Å². The number of nitrogens with one attached hydrogen (secondary N) is 1. The summed E-state index contributed by atoms with van der Waals surface area (Å²) in [4.78, 5) is 14.1. The SMILES string of the molecule is CNCCCC(=O)N(CCC(C)C)C1CC1.Cl. The molecule has 0 aromatic rings. The molecule has 1 fully saturated rings. The standard InChI is InChI=1S/C13H26N2O.ClH/c1-11(2)8-10-15(12-6-7-12)13(16)5-4-9-14-3;/h11-12,14H,4-10H2,1-3H3;1H. The molecule has 0 radical (unpaired) electrons. The Morgan fingerprint density at radius 2 is 2.06 bits per heavy atom. The average Bonchev–Trinajstić information content (AvgIpc) is 3.02. The summed E-state index contributed by atoms with van der Waals surface area (Å²) in [6, 6.07) is 0.570. The molecule has 0 spiro atoms. The van der Waals surface area contributed by atoms with E-state index in [-0.39, 0.29) is 12.4 Å². The van der Waals surface area contributed by atoms with E-state index in [1.54, 1.807) is 0 Å². The van der Waals surface area contributed by atoms with Crippen LogP contribution in [0.2, 0.25) is 0 Å². The molecular formula is C13H27ClN2O. The molecule has 1 amide bonds. The third-order valence-electron chi connectivity index (χ3n) is 3.07. The first-order valence-corrected chi connectivity index (χ1v) is 6.59. The van der Waals surface area contributed by atoms with Gasteiger partial charge in [0.1, 0.15) is 0 Å². The van der Waals surface area contributed by atoms with Crippen LogP contribution in [0.15, 0.2) is 0 Å². The van der Waals surface area contributed by atoms with Gasteiger partial charge in [-0.3, -0.25) is 4.79 Å². The first-order chi connectivity index (χ1) is 7.65. The topological polar surface area (TPSA) is 32.3 Å². The van der Waals surface area contributed by atoms with Gasteiger partial charge < -0.3 is 10.2 Å². The molecule has 0 atom stereocenters. The highest BCUT2D eigenvalue weighted by molar-refractivity contribution is 5.85. The summed E-state index contributed by atoms with van der Waals surface area (Å²) in [7, 11) is 1.93. The predicted octanol–water partition coefficient (Wildman–Crippen LogP) is 2.44. The maximum Gasteiger partial charge on any atom is 0.222 e. The molecule has 0 heterocycles. The minimum absolute atomic E-state index is 0. The first kappa shape index (κ1) is 16.7. The van der Waals surface area contributed by atoms with Gasteiger partial charge in [-0.15, -0.1) is 12.4 Å². The lowest BCUT2D eigenvalue weighted by molar-refractivity contribution is -0.132. The van der Waals surface area contributed by atoms with E-state index in [4.69, 9.17) is 0 Å². The molecule has 3 nitrogen and oxygen atoms in total. The van der Waals surface area contributed by atoms with E-state index in [0.717, 1.165) is 25.9 Å². The van der Waals surface area contributed by atoms with Gasteiger partial charge >= 0.3 is 0 Å². The van der Waals surface area contributed by atoms with Crippen molar-refractivity contribution in [3.05, 3.63) is 0 Å². The van der Waals surface area contributed by atoms with Crippen molar-refractivity contribution in [2.24, 2.45) is 5.92 Å². The summed E-state index contributed by atoms with van der Waals surface area (Å²) in [5, 5.41) is 3.09. The number of carbonyl (C=O) groups is 1. The van der Waals surface area contributed by atoms with Crippen LogP contribution in [0.1, 0.15) is 46.0 Å². The molecule has 1 aliphatic carbocycles. The highest BCUT2D eigenvalue weighted by Gasteiger charge is 2.31. The lowest BCUT2D eigenvalue weighted by atomic mass is 10.1. The molecule has 4 heteroatoms. The van der Waals surface area contributed by atoms with Gasteiger partial charge in [0.05, 0.1) is 0 Å².